The number of pyridine rings is 1. The molecule has 0 radical (unpaired) electrons. The van der Waals surface area contributed by atoms with Gasteiger partial charge in [0.05, 0.1) is 6.04 Å². The largest absolute Gasteiger partial charge is 0.309 e. The molecule has 1 aromatic heterocycles. The van der Waals surface area contributed by atoms with Gasteiger partial charge in [0.15, 0.2) is 0 Å². The molecule has 0 bridgehead atoms. The lowest BCUT2D eigenvalue weighted by atomic mass is 10.0. The maximum absolute atomic E-state index is 6.24. The van der Waals surface area contributed by atoms with E-state index >= 15 is 0 Å². The summed E-state index contributed by atoms with van der Waals surface area (Å²) in [6, 6.07) is 7.50. The first-order valence-electron chi connectivity index (χ1n) is 5.34. The molecule has 1 heterocycles. The summed E-state index contributed by atoms with van der Waals surface area (Å²) in [5, 5.41) is 4.50. The standard InChI is InChI=1S/C13H11BrCl2N2/c1-17-13(8-4-9(14)7-18-6-8)11-3-2-10(15)5-12(11)16/h2-7,13,17H,1H3. The SMILES string of the molecule is CNC(c1cncc(Br)c1)c1ccc(Cl)cc1Cl. The van der Waals surface area contributed by atoms with Crippen LogP contribution in [0.5, 0.6) is 0 Å². The lowest BCUT2D eigenvalue weighted by Gasteiger charge is -2.18. The molecule has 0 spiro atoms. The molecule has 2 aromatic rings. The Labute approximate surface area is 124 Å². The highest BCUT2D eigenvalue weighted by Gasteiger charge is 2.15. The molecule has 1 N–H and O–H groups in total. The summed E-state index contributed by atoms with van der Waals surface area (Å²) >= 11 is 15.6. The summed E-state index contributed by atoms with van der Waals surface area (Å²) in [5.41, 5.74) is 2.01. The van der Waals surface area contributed by atoms with E-state index in [1.165, 1.54) is 0 Å². The molecule has 0 amide bonds. The minimum atomic E-state index is -0.0141. The van der Waals surface area contributed by atoms with Gasteiger partial charge in [-0.25, -0.2) is 0 Å². The van der Waals surface area contributed by atoms with E-state index in [0.29, 0.717) is 10.0 Å². The molecule has 5 heteroatoms. The molecule has 0 aliphatic rings. The lowest BCUT2D eigenvalue weighted by molar-refractivity contribution is 0.688. The molecule has 0 saturated heterocycles. The van der Waals surface area contributed by atoms with Crippen molar-refractivity contribution in [2.75, 3.05) is 7.05 Å². The maximum Gasteiger partial charge on any atom is 0.0604 e. The van der Waals surface area contributed by atoms with Crippen LogP contribution in [0.25, 0.3) is 0 Å². The van der Waals surface area contributed by atoms with Crippen molar-refractivity contribution in [2.24, 2.45) is 0 Å². The van der Waals surface area contributed by atoms with Gasteiger partial charge in [-0.15, -0.1) is 0 Å². The van der Waals surface area contributed by atoms with Crippen LogP contribution in [0.4, 0.5) is 0 Å². The normalized spacial score (nSPS) is 12.4. The van der Waals surface area contributed by atoms with Crippen LogP contribution in [-0.2, 0) is 0 Å². The Kier molecular flexibility index (Phi) is 4.62. The molecule has 0 aliphatic heterocycles. The van der Waals surface area contributed by atoms with Crippen LogP contribution >= 0.6 is 39.1 Å². The molecule has 18 heavy (non-hydrogen) atoms. The van der Waals surface area contributed by atoms with E-state index in [9.17, 15) is 0 Å². The minimum Gasteiger partial charge on any atom is -0.309 e. The predicted molar refractivity (Wildman–Crippen MR) is 79.3 cm³/mol. The number of halogens is 3. The molecule has 1 unspecified atom stereocenters. The number of benzene rings is 1. The van der Waals surface area contributed by atoms with Gasteiger partial charge < -0.3 is 5.32 Å². The number of aromatic nitrogens is 1. The second-order valence-corrected chi connectivity index (χ2v) is 5.58. The fourth-order valence-corrected chi connectivity index (χ4v) is 2.72. The Morgan fingerprint density at radius 1 is 1.22 bits per heavy atom. The van der Waals surface area contributed by atoms with Gasteiger partial charge in [-0.05, 0) is 52.3 Å². The van der Waals surface area contributed by atoms with Crippen LogP contribution in [0.3, 0.4) is 0 Å². The Balaban J connectivity index is 2.45. The van der Waals surface area contributed by atoms with E-state index in [0.717, 1.165) is 15.6 Å². The third kappa shape index (κ3) is 3.04. The van der Waals surface area contributed by atoms with Crippen molar-refractivity contribution < 1.29 is 0 Å². The minimum absolute atomic E-state index is 0.0141. The number of nitrogens with zero attached hydrogens (tertiary/aromatic N) is 1. The summed E-state index contributed by atoms with van der Waals surface area (Å²) in [6.07, 6.45) is 3.57. The molecule has 1 atom stereocenters. The topological polar surface area (TPSA) is 24.9 Å². The zero-order valence-corrected chi connectivity index (χ0v) is 12.7. The summed E-state index contributed by atoms with van der Waals surface area (Å²) in [5.74, 6) is 0. The van der Waals surface area contributed by atoms with Crippen LogP contribution < -0.4 is 5.32 Å². The summed E-state index contributed by atoms with van der Waals surface area (Å²) < 4.78 is 0.935. The molecular weight excluding hydrogens is 335 g/mol. The molecule has 2 rings (SSSR count). The monoisotopic (exact) mass is 344 g/mol. The van der Waals surface area contributed by atoms with Gasteiger partial charge in [0.1, 0.15) is 0 Å². The first kappa shape index (κ1) is 13.8. The van der Waals surface area contributed by atoms with Crippen LogP contribution in [-0.4, -0.2) is 12.0 Å². The average molecular weight is 346 g/mol. The number of hydrogen-bond donors (Lipinski definition) is 1. The highest BCUT2D eigenvalue weighted by Crippen LogP contribution is 2.30. The maximum atomic E-state index is 6.24. The van der Waals surface area contributed by atoms with Gasteiger partial charge in [-0.1, -0.05) is 29.3 Å². The lowest BCUT2D eigenvalue weighted by Crippen LogP contribution is -2.18. The third-order valence-corrected chi connectivity index (χ3v) is 3.62. The van der Waals surface area contributed by atoms with E-state index in [2.05, 4.69) is 26.2 Å². The van der Waals surface area contributed by atoms with Crippen molar-refractivity contribution in [3.8, 4) is 0 Å². The van der Waals surface area contributed by atoms with Crippen LogP contribution in [0.1, 0.15) is 17.2 Å². The van der Waals surface area contributed by atoms with Crippen molar-refractivity contribution >= 4 is 39.1 Å². The number of nitrogens with one attached hydrogen (secondary N) is 1. The van der Waals surface area contributed by atoms with Gasteiger partial charge in [-0.2, -0.15) is 0 Å². The highest BCUT2D eigenvalue weighted by atomic mass is 79.9. The van der Waals surface area contributed by atoms with Crippen molar-refractivity contribution in [2.45, 2.75) is 6.04 Å². The van der Waals surface area contributed by atoms with Crippen molar-refractivity contribution in [1.29, 1.82) is 0 Å². The van der Waals surface area contributed by atoms with Crippen molar-refractivity contribution in [3.05, 3.63) is 62.3 Å². The summed E-state index contributed by atoms with van der Waals surface area (Å²) in [7, 11) is 1.89. The smallest absolute Gasteiger partial charge is 0.0604 e. The quantitative estimate of drug-likeness (QED) is 0.888. The van der Waals surface area contributed by atoms with E-state index in [1.54, 1.807) is 12.3 Å². The molecule has 1 aromatic carbocycles. The fraction of sp³-hybridized carbons (Fsp3) is 0.154. The Bertz CT molecular complexity index is 560. The van der Waals surface area contributed by atoms with Crippen LogP contribution in [0.15, 0.2) is 41.1 Å². The van der Waals surface area contributed by atoms with E-state index < -0.39 is 0 Å². The summed E-state index contributed by atoms with van der Waals surface area (Å²) in [4.78, 5) is 4.17. The third-order valence-electron chi connectivity index (χ3n) is 2.62. The van der Waals surface area contributed by atoms with Crippen molar-refractivity contribution in [3.63, 3.8) is 0 Å². The van der Waals surface area contributed by atoms with Gasteiger partial charge >= 0.3 is 0 Å². The zero-order valence-electron chi connectivity index (χ0n) is 9.62. The molecule has 0 fully saturated rings. The van der Waals surface area contributed by atoms with Gasteiger partial charge in [-0.3, -0.25) is 4.98 Å². The molecule has 2 nitrogen and oxygen atoms in total. The van der Waals surface area contributed by atoms with Crippen LogP contribution in [0, 0.1) is 0 Å². The van der Waals surface area contributed by atoms with Crippen molar-refractivity contribution in [1.82, 2.24) is 10.3 Å². The first-order chi connectivity index (χ1) is 8.61. The van der Waals surface area contributed by atoms with E-state index in [4.69, 9.17) is 23.2 Å². The second kappa shape index (κ2) is 6.02. The van der Waals surface area contributed by atoms with Gasteiger partial charge in [0.25, 0.3) is 0 Å². The van der Waals surface area contributed by atoms with Gasteiger partial charge in [0, 0.05) is 26.9 Å². The highest BCUT2D eigenvalue weighted by molar-refractivity contribution is 9.10. The molecular formula is C13H11BrCl2N2. The Morgan fingerprint density at radius 3 is 2.61 bits per heavy atom. The van der Waals surface area contributed by atoms with Crippen LogP contribution in [0.2, 0.25) is 10.0 Å². The van der Waals surface area contributed by atoms with Gasteiger partial charge in [0.2, 0.25) is 0 Å². The predicted octanol–water partition coefficient (Wildman–Crippen LogP) is 4.46. The van der Waals surface area contributed by atoms with E-state index in [1.807, 2.05) is 31.4 Å². The number of hydrogen-bond acceptors (Lipinski definition) is 2. The molecule has 0 aliphatic carbocycles. The Morgan fingerprint density at radius 2 is 2.00 bits per heavy atom. The van der Waals surface area contributed by atoms with E-state index in [-0.39, 0.29) is 6.04 Å². The first-order valence-corrected chi connectivity index (χ1v) is 6.89. The fourth-order valence-electron chi connectivity index (χ4n) is 1.82. The zero-order chi connectivity index (χ0) is 13.1. The molecule has 0 saturated carbocycles. The average Bonchev–Trinajstić information content (AvgIpc) is 2.33. The summed E-state index contributed by atoms with van der Waals surface area (Å²) in [6.45, 7) is 0. The second-order valence-electron chi connectivity index (χ2n) is 3.82. The molecule has 94 valence electrons. The number of rotatable bonds is 3. The Hall–Kier alpha value is -0.610.